The van der Waals surface area contributed by atoms with Gasteiger partial charge in [0.25, 0.3) is 0 Å². The molecule has 1 N–H and O–H groups in total. The van der Waals surface area contributed by atoms with Gasteiger partial charge in [-0.25, -0.2) is 4.98 Å². The summed E-state index contributed by atoms with van der Waals surface area (Å²) in [5.74, 6) is 1.52. The van der Waals surface area contributed by atoms with Crippen LogP contribution in [0.4, 0.5) is 0 Å². The molecule has 5 heteroatoms. The largest absolute Gasteiger partial charge is 0.492 e. The number of rotatable bonds is 8. The molecule has 0 aliphatic heterocycles. The summed E-state index contributed by atoms with van der Waals surface area (Å²) in [5, 5.41) is 3.04. The second kappa shape index (κ2) is 10.2. The Labute approximate surface area is 194 Å². The minimum Gasteiger partial charge on any atom is -0.492 e. The van der Waals surface area contributed by atoms with Gasteiger partial charge in [0.15, 0.2) is 0 Å². The van der Waals surface area contributed by atoms with E-state index < -0.39 is 0 Å². The second-order valence-corrected chi connectivity index (χ2v) is 8.26. The fraction of sp³-hybridized carbons (Fsp3) is 0.214. The molecule has 33 heavy (non-hydrogen) atoms. The lowest BCUT2D eigenvalue weighted by molar-refractivity contribution is -0.117. The van der Waals surface area contributed by atoms with Crippen molar-refractivity contribution in [2.45, 2.75) is 33.4 Å². The third kappa shape index (κ3) is 5.69. The Hall–Kier alpha value is -3.86. The first-order valence-corrected chi connectivity index (χ1v) is 11.2. The molecule has 0 aliphatic carbocycles. The van der Waals surface area contributed by atoms with Gasteiger partial charge in [0.1, 0.15) is 18.2 Å². The van der Waals surface area contributed by atoms with Crippen LogP contribution in [0.3, 0.4) is 0 Å². The van der Waals surface area contributed by atoms with Gasteiger partial charge in [0.05, 0.1) is 23.6 Å². The maximum atomic E-state index is 12.5. The molecular weight excluding hydrogens is 410 g/mol. The predicted molar refractivity (Wildman–Crippen MR) is 133 cm³/mol. The molecule has 0 aliphatic rings. The number of nitrogens with one attached hydrogen (secondary N) is 1. The van der Waals surface area contributed by atoms with E-state index in [1.54, 1.807) is 6.08 Å². The van der Waals surface area contributed by atoms with Crippen LogP contribution in [0, 0.1) is 13.8 Å². The molecule has 1 heterocycles. The first-order valence-electron chi connectivity index (χ1n) is 11.2. The molecule has 0 saturated carbocycles. The van der Waals surface area contributed by atoms with Crippen LogP contribution in [0.2, 0.25) is 0 Å². The normalized spacial score (nSPS) is 12.2. The van der Waals surface area contributed by atoms with Crippen molar-refractivity contribution in [1.82, 2.24) is 14.9 Å². The van der Waals surface area contributed by atoms with Gasteiger partial charge in [-0.2, -0.15) is 0 Å². The molecule has 0 fully saturated rings. The zero-order valence-corrected chi connectivity index (χ0v) is 19.3. The van der Waals surface area contributed by atoms with Crippen LogP contribution < -0.4 is 10.1 Å². The van der Waals surface area contributed by atoms with Crippen molar-refractivity contribution < 1.29 is 9.53 Å². The number of nitrogens with zero attached hydrogens (tertiary/aromatic N) is 2. The fourth-order valence-electron chi connectivity index (χ4n) is 3.99. The summed E-state index contributed by atoms with van der Waals surface area (Å²) in [6, 6.07) is 23.7. The molecule has 1 atom stereocenters. The summed E-state index contributed by atoms with van der Waals surface area (Å²) in [5.41, 5.74) is 5.27. The number of aromatic nitrogens is 2. The highest BCUT2D eigenvalue weighted by Gasteiger charge is 2.17. The minimum absolute atomic E-state index is 0.156. The Bertz CT molecular complexity index is 1250. The average Bonchev–Trinajstić information content (AvgIpc) is 3.17. The fourth-order valence-corrected chi connectivity index (χ4v) is 3.99. The van der Waals surface area contributed by atoms with E-state index in [1.807, 2.05) is 79.7 Å². The molecule has 4 aromatic rings. The topological polar surface area (TPSA) is 56.1 Å². The van der Waals surface area contributed by atoms with Crippen LogP contribution in [-0.2, 0) is 11.3 Å². The maximum absolute atomic E-state index is 12.5. The van der Waals surface area contributed by atoms with Gasteiger partial charge in [-0.15, -0.1) is 0 Å². The van der Waals surface area contributed by atoms with Gasteiger partial charge >= 0.3 is 0 Å². The molecule has 1 aromatic heterocycles. The van der Waals surface area contributed by atoms with E-state index in [1.165, 1.54) is 11.1 Å². The quantitative estimate of drug-likeness (QED) is 0.362. The Balaban J connectivity index is 1.49. The number of hydrogen-bond acceptors (Lipinski definition) is 3. The lowest BCUT2D eigenvalue weighted by atomic mass is 10.1. The number of imidazole rings is 1. The average molecular weight is 440 g/mol. The summed E-state index contributed by atoms with van der Waals surface area (Å²) in [6.45, 7) is 7.22. The predicted octanol–water partition coefficient (Wildman–Crippen LogP) is 5.62. The maximum Gasteiger partial charge on any atom is 0.244 e. The van der Waals surface area contributed by atoms with Crippen molar-refractivity contribution in [3.05, 3.63) is 101 Å². The van der Waals surface area contributed by atoms with Crippen molar-refractivity contribution in [2.75, 3.05) is 6.61 Å². The first-order chi connectivity index (χ1) is 16.0. The highest BCUT2D eigenvalue weighted by atomic mass is 16.5. The van der Waals surface area contributed by atoms with Gasteiger partial charge in [-0.1, -0.05) is 48.5 Å². The number of fused-ring (bicyclic) bond motifs is 1. The third-order valence-corrected chi connectivity index (χ3v) is 5.44. The van der Waals surface area contributed by atoms with Crippen LogP contribution in [-0.4, -0.2) is 22.1 Å². The van der Waals surface area contributed by atoms with Crippen LogP contribution in [0.1, 0.15) is 35.5 Å². The van der Waals surface area contributed by atoms with Crippen LogP contribution in [0.15, 0.2) is 78.9 Å². The molecule has 3 aromatic carbocycles. The SMILES string of the molecule is Cc1cc(C)cc(OCCn2c(C(C)NC(=O)/C=C\c3ccccc3)nc3ccccc32)c1. The van der Waals surface area contributed by atoms with Gasteiger partial charge in [0.2, 0.25) is 5.91 Å². The number of benzene rings is 3. The van der Waals surface area contributed by atoms with Crippen molar-refractivity contribution >= 4 is 23.0 Å². The van der Waals surface area contributed by atoms with E-state index in [-0.39, 0.29) is 11.9 Å². The van der Waals surface area contributed by atoms with Crippen LogP contribution >= 0.6 is 0 Å². The van der Waals surface area contributed by atoms with E-state index >= 15 is 0 Å². The molecule has 0 spiro atoms. The molecular formula is C28H29N3O2. The standard InChI is InChI=1S/C28H29N3O2/c1-20-17-21(2)19-24(18-20)33-16-15-31-26-12-8-7-11-25(26)30-28(31)22(3)29-27(32)14-13-23-9-5-4-6-10-23/h4-14,17-19,22H,15-16H2,1-3H3,(H,29,32)/b14-13-. The summed E-state index contributed by atoms with van der Waals surface area (Å²) in [4.78, 5) is 17.3. The van der Waals surface area contributed by atoms with Crippen molar-refractivity contribution in [3.8, 4) is 5.75 Å². The number of ether oxygens (including phenoxy) is 1. The molecule has 5 nitrogen and oxygen atoms in total. The van der Waals surface area contributed by atoms with E-state index in [2.05, 4.69) is 29.8 Å². The molecule has 0 radical (unpaired) electrons. The first kappa shape index (κ1) is 22.3. The highest BCUT2D eigenvalue weighted by molar-refractivity contribution is 5.92. The van der Waals surface area contributed by atoms with Crippen molar-refractivity contribution in [2.24, 2.45) is 0 Å². The minimum atomic E-state index is -0.258. The van der Waals surface area contributed by atoms with Crippen molar-refractivity contribution in [1.29, 1.82) is 0 Å². The van der Waals surface area contributed by atoms with E-state index in [9.17, 15) is 4.79 Å². The summed E-state index contributed by atoms with van der Waals surface area (Å²) >= 11 is 0. The van der Waals surface area contributed by atoms with Crippen LogP contribution in [0.25, 0.3) is 17.1 Å². The van der Waals surface area contributed by atoms with Gasteiger partial charge in [0, 0.05) is 6.08 Å². The Morgan fingerprint density at radius 1 is 1.03 bits per heavy atom. The Morgan fingerprint density at radius 2 is 1.73 bits per heavy atom. The number of aryl methyl sites for hydroxylation is 2. The van der Waals surface area contributed by atoms with E-state index in [4.69, 9.17) is 9.72 Å². The number of carbonyl (C=O) groups is 1. The van der Waals surface area contributed by atoms with Crippen molar-refractivity contribution in [3.63, 3.8) is 0 Å². The van der Waals surface area contributed by atoms with E-state index in [0.29, 0.717) is 13.2 Å². The number of carbonyl (C=O) groups excluding carboxylic acids is 1. The smallest absolute Gasteiger partial charge is 0.244 e. The zero-order chi connectivity index (χ0) is 23.2. The second-order valence-electron chi connectivity index (χ2n) is 8.26. The summed E-state index contributed by atoms with van der Waals surface area (Å²) in [6.07, 6.45) is 3.37. The molecule has 1 unspecified atom stereocenters. The van der Waals surface area contributed by atoms with E-state index in [0.717, 1.165) is 28.2 Å². The number of para-hydroxylation sites is 2. The van der Waals surface area contributed by atoms with Gasteiger partial charge < -0.3 is 14.6 Å². The molecule has 0 bridgehead atoms. The zero-order valence-electron chi connectivity index (χ0n) is 19.3. The van der Waals surface area contributed by atoms with Gasteiger partial charge in [-0.3, -0.25) is 4.79 Å². The summed E-state index contributed by atoms with van der Waals surface area (Å²) < 4.78 is 8.17. The van der Waals surface area contributed by atoms with Crippen LogP contribution in [0.5, 0.6) is 5.75 Å². The van der Waals surface area contributed by atoms with Gasteiger partial charge in [-0.05, 0) is 67.8 Å². The third-order valence-electron chi connectivity index (χ3n) is 5.44. The number of hydrogen-bond donors (Lipinski definition) is 1. The number of amides is 1. The highest BCUT2D eigenvalue weighted by Crippen LogP contribution is 2.22. The lowest BCUT2D eigenvalue weighted by Gasteiger charge is -2.16. The molecule has 0 saturated heterocycles. The monoisotopic (exact) mass is 439 g/mol. The summed E-state index contributed by atoms with van der Waals surface area (Å²) in [7, 11) is 0. The Morgan fingerprint density at radius 3 is 2.48 bits per heavy atom. The molecule has 168 valence electrons. The Kier molecular flexibility index (Phi) is 6.89. The lowest BCUT2D eigenvalue weighted by Crippen LogP contribution is -2.27. The molecule has 4 rings (SSSR count). The molecule has 1 amide bonds.